The molecule has 0 saturated carbocycles. The Balaban J connectivity index is 0.974. The molecule has 84 heavy (non-hydrogen) atoms. The Morgan fingerprint density at radius 1 is 0.286 bits per heavy atom. The number of ether oxygens (including phenoxy) is 12. The molecule has 6 aromatic carbocycles. The van der Waals surface area contributed by atoms with Crippen LogP contribution in [-0.2, 0) is 110 Å². The van der Waals surface area contributed by atoms with E-state index in [1.165, 1.54) is 0 Å². The van der Waals surface area contributed by atoms with Crippen LogP contribution in [0.5, 0.6) is 0 Å². The van der Waals surface area contributed by atoms with Gasteiger partial charge in [-0.05, 0) is 125 Å². The predicted octanol–water partition coefficient (Wildman–Crippen LogP) is 8.76. The topological polar surface area (TPSA) is 177 Å². The van der Waals surface area contributed by atoms with Crippen LogP contribution in [0, 0.1) is 0 Å². The van der Waals surface area contributed by atoms with Gasteiger partial charge in [-0.25, -0.2) is 0 Å². The van der Waals surface area contributed by atoms with Crippen molar-refractivity contribution in [3.05, 3.63) is 143 Å². The fourth-order valence-corrected chi connectivity index (χ4v) is 11.0. The summed E-state index contributed by atoms with van der Waals surface area (Å²) in [6, 6.07) is 38.9. The molecule has 1 aliphatic rings. The fourth-order valence-electron chi connectivity index (χ4n) is 11.0. The summed E-state index contributed by atoms with van der Waals surface area (Å²) < 4.78 is 71.7. The third-order valence-corrected chi connectivity index (χ3v) is 15.0. The maximum atomic E-state index is 13.6. The van der Waals surface area contributed by atoms with Crippen LogP contribution in [0.25, 0.3) is 65.4 Å². The second-order valence-electron chi connectivity index (χ2n) is 20.7. The van der Waals surface area contributed by atoms with Gasteiger partial charge < -0.3 is 70.5 Å². The van der Waals surface area contributed by atoms with Crippen LogP contribution in [0.3, 0.4) is 0 Å². The molecule has 12 bridgehead atoms. The van der Waals surface area contributed by atoms with Crippen LogP contribution in [0.15, 0.2) is 109 Å². The van der Waals surface area contributed by atoms with Crippen molar-refractivity contribution in [1.29, 1.82) is 0 Å². The number of nitrogens with zero attached hydrogens (tertiary/aromatic N) is 3. The molecule has 0 fully saturated rings. The monoisotopic (exact) mass is 1150 g/mol. The van der Waals surface area contributed by atoms with Crippen molar-refractivity contribution in [3.63, 3.8) is 0 Å². The zero-order valence-corrected chi connectivity index (χ0v) is 48.3. The molecule has 18 heteroatoms. The number of aromatic nitrogens is 3. The fraction of sp³-hybridized carbons (Fsp3) is 0.409. The minimum atomic E-state index is -0.364. The number of carbonyl (C=O) groups excluding carboxylic acids is 3. The number of fused-ring (bicyclic) bond motifs is 6. The highest BCUT2D eigenvalue weighted by Crippen LogP contribution is 2.37. The summed E-state index contributed by atoms with van der Waals surface area (Å²) in [6.07, 6.45) is 1.93. The molecule has 3 aromatic heterocycles. The van der Waals surface area contributed by atoms with E-state index in [9.17, 15) is 14.4 Å². The van der Waals surface area contributed by atoms with Gasteiger partial charge in [0.25, 0.3) is 0 Å². The van der Waals surface area contributed by atoms with Gasteiger partial charge in [0.1, 0.15) is 39.5 Å². The van der Waals surface area contributed by atoms with Gasteiger partial charge in [-0.3, -0.25) is 14.4 Å². The van der Waals surface area contributed by atoms with Gasteiger partial charge in [0, 0.05) is 86.7 Å². The van der Waals surface area contributed by atoms with Crippen LogP contribution in [0.2, 0.25) is 0 Å². The third-order valence-electron chi connectivity index (χ3n) is 15.0. The number of benzene rings is 6. The Labute approximate surface area is 488 Å². The van der Waals surface area contributed by atoms with Gasteiger partial charge in [-0.15, -0.1) is 0 Å². The van der Waals surface area contributed by atoms with E-state index in [-0.39, 0.29) is 77.2 Å². The molecule has 0 amide bonds. The minimum Gasteiger partial charge on any atom is -0.462 e. The molecule has 0 spiro atoms. The summed E-state index contributed by atoms with van der Waals surface area (Å²) in [7, 11) is 4.89. The molecule has 0 aliphatic heterocycles. The Hall–Kier alpha value is -7.23. The van der Waals surface area contributed by atoms with Crippen molar-refractivity contribution in [2.45, 2.75) is 38.9 Å². The summed E-state index contributed by atoms with van der Waals surface area (Å²) in [5.41, 5.74) is 12.1. The lowest BCUT2D eigenvalue weighted by molar-refractivity contribution is -0.146. The molecule has 0 atom stereocenters. The van der Waals surface area contributed by atoms with E-state index < -0.39 is 0 Å². The molecule has 9 aromatic rings. The number of carbonyl (C=O) groups is 3. The van der Waals surface area contributed by atoms with E-state index in [2.05, 4.69) is 109 Å². The van der Waals surface area contributed by atoms with Crippen LogP contribution >= 0.6 is 0 Å². The number of hydrogen-bond donors (Lipinski definition) is 0. The first-order valence-electron chi connectivity index (χ1n) is 28.8. The first kappa shape index (κ1) is 59.9. The van der Waals surface area contributed by atoms with Gasteiger partial charge >= 0.3 is 17.9 Å². The maximum Gasteiger partial charge on any atom is 0.326 e. The van der Waals surface area contributed by atoms with Crippen molar-refractivity contribution in [1.82, 2.24) is 13.7 Å². The molecule has 0 unspecified atom stereocenters. The second kappa shape index (κ2) is 30.0. The predicted molar refractivity (Wildman–Crippen MR) is 320 cm³/mol. The van der Waals surface area contributed by atoms with E-state index in [0.717, 1.165) is 98.8 Å². The molecular weight excluding hydrogens is 1070 g/mol. The Bertz CT molecular complexity index is 3140. The molecule has 3 heterocycles. The van der Waals surface area contributed by atoms with E-state index in [4.69, 9.17) is 56.8 Å². The van der Waals surface area contributed by atoms with E-state index in [1.807, 2.05) is 13.7 Å². The van der Waals surface area contributed by atoms with Crippen molar-refractivity contribution in [2.75, 3.05) is 140 Å². The molecular formula is C66H75N3O15. The average Bonchev–Trinajstić information content (AvgIpc) is 2.01. The largest absolute Gasteiger partial charge is 0.462 e. The lowest BCUT2D eigenvalue weighted by atomic mass is 9.99. The molecule has 10 rings (SSSR count). The molecule has 444 valence electrons. The standard InChI is InChI=1S/C66H75N3O15/c1-73-16-19-76-22-25-79-28-31-82-64(70)43-67-58-10-4-46-34-48-6-12-60-54(39-48)56-41-50(8-14-62(56)68(60)44-65(71)83-32-29-80-26-23-77-20-17-74-2)36-51-9-15-63-57(42-51)55-40-49(35-47-5-11-59(67)53(38-47)52(58)37-46)7-13-61(55)69(63)45-66(72)84-33-30-81-27-24-78-21-18-75-3/h4-15,37-42H,16-36,43-45H2,1-3H3. The number of methoxy groups -OCH3 is 3. The summed E-state index contributed by atoms with van der Waals surface area (Å²) in [5, 5.41) is 6.16. The number of hydrogen-bond acceptors (Lipinski definition) is 15. The summed E-state index contributed by atoms with van der Waals surface area (Å²) >= 11 is 0. The smallest absolute Gasteiger partial charge is 0.326 e. The first-order chi connectivity index (χ1) is 41.3. The van der Waals surface area contributed by atoms with Crippen LogP contribution in [0.4, 0.5) is 0 Å². The maximum absolute atomic E-state index is 13.6. The highest BCUT2D eigenvalue weighted by molar-refractivity contribution is 6.11. The number of rotatable bonds is 33. The van der Waals surface area contributed by atoms with Gasteiger partial charge in [0.05, 0.1) is 99.1 Å². The third kappa shape index (κ3) is 15.2. The van der Waals surface area contributed by atoms with Crippen LogP contribution in [0.1, 0.15) is 33.4 Å². The SMILES string of the molecule is COCCOCCOCCOC(=O)Cn1c2ccc3cc2c2cc(ccc21)Cc1ccc2c(c1)c1cc(ccc1n2CC(=O)OCCOCCOCCOC)Cc1ccc2c(c1)c1cc(ccc1n2CC(=O)OCCOCCOCCOC)C3. The molecule has 0 saturated heterocycles. The van der Waals surface area contributed by atoms with Crippen molar-refractivity contribution < 1.29 is 71.2 Å². The van der Waals surface area contributed by atoms with E-state index >= 15 is 0 Å². The summed E-state index contributed by atoms with van der Waals surface area (Å²) in [6.45, 7) is 6.63. The number of esters is 3. The first-order valence-corrected chi connectivity index (χ1v) is 28.8. The minimum absolute atomic E-state index is 0.0170. The Kier molecular flexibility index (Phi) is 21.4. The normalized spacial score (nSPS) is 12.5. The highest BCUT2D eigenvalue weighted by atomic mass is 16.6. The zero-order valence-electron chi connectivity index (χ0n) is 48.3. The van der Waals surface area contributed by atoms with E-state index in [1.54, 1.807) is 21.3 Å². The van der Waals surface area contributed by atoms with Crippen molar-refractivity contribution in [3.8, 4) is 0 Å². The molecule has 1 aliphatic carbocycles. The zero-order chi connectivity index (χ0) is 58.0. The summed E-state index contributed by atoms with van der Waals surface area (Å²) in [5.74, 6) is -1.09. The van der Waals surface area contributed by atoms with Crippen molar-refractivity contribution >= 4 is 83.3 Å². The second-order valence-corrected chi connectivity index (χ2v) is 20.7. The lowest BCUT2D eigenvalue weighted by Gasteiger charge is -2.10. The highest BCUT2D eigenvalue weighted by Gasteiger charge is 2.21. The van der Waals surface area contributed by atoms with Gasteiger partial charge in [0.15, 0.2) is 0 Å². The quantitative estimate of drug-likeness (QED) is 0.0217. The van der Waals surface area contributed by atoms with E-state index in [0.29, 0.717) is 98.5 Å². The molecule has 0 N–H and O–H groups in total. The molecule has 18 nitrogen and oxygen atoms in total. The Morgan fingerprint density at radius 2 is 0.476 bits per heavy atom. The van der Waals surface area contributed by atoms with Gasteiger partial charge in [-0.2, -0.15) is 0 Å². The Morgan fingerprint density at radius 3 is 0.679 bits per heavy atom. The van der Waals surface area contributed by atoms with Crippen molar-refractivity contribution in [2.24, 2.45) is 0 Å². The van der Waals surface area contributed by atoms with Crippen LogP contribution < -0.4 is 0 Å². The van der Waals surface area contributed by atoms with Gasteiger partial charge in [-0.1, -0.05) is 36.4 Å². The summed E-state index contributed by atoms with van der Waals surface area (Å²) in [4.78, 5) is 40.7. The lowest BCUT2D eigenvalue weighted by Crippen LogP contribution is -2.17. The molecule has 0 radical (unpaired) electrons. The van der Waals surface area contributed by atoms with Crippen LogP contribution in [-0.4, -0.2) is 172 Å². The average molecular weight is 1150 g/mol. The van der Waals surface area contributed by atoms with Gasteiger partial charge in [0.2, 0.25) is 0 Å².